The Bertz CT molecular complexity index is 544. The van der Waals surface area contributed by atoms with Crippen molar-refractivity contribution in [3.05, 3.63) is 12.4 Å². The van der Waals surface area contributed by atoms with Gasteiger partial charge in [0.2, 0.25) is 10.0 Å². The lowest BCUT2D eigenvalue weighted by Crippen LogP contribution is -2.41. The van der Waals surface area contributed by atoms with E-state index in [1.807, 2.05) is 0 Å². The van der Waals surface area contributed by atoms with Crippen molar-refractivity contribution in [3.63, 3.8) is 0 Å². The summed E-state index contributed by atoms with van der Waals surface area (Å²) in [6.45, 7) is 6.56. The van der Waals surface area contributed by atoms with Crippen LogP contribution in [0.1, 0.15) is 33.1 Å². The Kier molecular flexibility index (Phi) is 4.51. The highest BCUT2D eigenvalue weighted by molar-refractivity contribution is 7.89. The van der Waals surface area contributed by atoms with Gasteiger partial charge in [0, 0.05) is 25.8 Å². The molecule has 20 heavy (non-hydrogen) atoms. The molecule has 0 radical (unpaired) electrons. The number of nitrogens with two attached hydrogens (primary N) is 1. The number of hydrogen-bond acceptors (Lipinski definition) is 4. The van der Waals surface area contributed by atoms with Crippen LogP contribution >= 0.6 is 0 Å². The van der Waals surface area contributed by atoms with Crippen molar-refractivity contribution < 1.29 is 8.42 Å². The van der Waals surface area contributed by atoms with Crippen molar-refractivity contribution in [2.75, 3.05) is 19.6 Å². The van der Waals surface area contributed by atoms with Gasteiger partial charge in [-0.15, -0.1) is 0 Å². The molecule has 1 fully saturated rings. The van der Waals surface area contributed by atoms with Gasteiger partial charge in [-0.3, -0.25) is 4.68 Å². The summed E-state index contributed by atoms with van der Waals surface area (Å²) in [6.07, 6.45) is 5.91. The molecular weight excluding hydrogens is 276 g/mol. The lowest BCUT2D eigenvalue weighted by molar-refractivity contribution is 0.169. The van der Waals surface area contributed by atoms with Gasteiger partial charge >= 0.3 is 0 Å². The molecule has 0 bridgehead atoms. The maximum absolute atomic E-state index is 12.5. The Morgan fingerprint density at radius 3 is 2.60 bits per heavy atom. The van der Waals surface area contributed by atoms with Crippen LogP contribution in [-0.2, 0) is 16.6 Å². The predicted molar refractivity (Wildman–Crippen MR) is 77.7 cm³/mol. The standard InChI is InChI=1S/C13H24N4O2S/c1-3-13(2)4-7-17(8-5-13)20(18,19)12-10-15-16(11-12)9-6-14/h10-11H,3-9,14H2,1-2H3. The number of sulfonamides is 1. The van der Waals surface area contributed by atoms with Gasteiger partial charge in [0.15, 0.2) is 0 Å². The molecule has 0 unspecified atom stereocenters. The van der Waals surface area contributed by atoms with Crippen LogP contribution < -0.4 is 5.73 Å². The average molecular weight is 300 g/mol. The van der Waals surface area contributed by atoms with Crippen LogP contribution in [0.4, 0.5) is 0 Å². The van der Waals surface area contributed by atoms with Crippen molar-refractivity contribution in [3.8, 4) is 0 Å². The van der Waals surface area contributed by atoms with E-state index in [4.69, 9.17) is 5.73 Å². The van der Waals surface area contributed by atoms with E-state index in [1.165, 1.54) is 6.20 Å². The molecular formula is C13H24N4O2S. The smallest absolute Gasteiger partial charge is 0.246 e. The van der Waals surface area contributed by atoms with Gasteiger partial charge in [-0.1, -0.05) is 20.3 Å². The van der Waals surface area contributed by atoms with Gasteiger partial charge in [0.25, 0.3) is 0 Å². The van der Waals surface area contributed by atoms with E-state index in [9.17, 15) is 8.42 Å². The first-order valence-corrected chi connectivity index (χ1v) is 8.58. The van der Waals surface area contributed by atoms with Crippen LogP contribution in [0.15, 0.2) is 17.3 Å². The summed E-state index contributed by atoms with van der Waals surface area (Å²) in [7, 11) is -3.41. The van der Waals surface area contributed by atoms with E-state index in [-0.39, 0.29) is 10.3 Å². The van der Waals surface area contributed by atoms with E-state index in [1.54, 1.807) is 15.2 Å². The molecule has 2 heterocycles. The van der Waals surface area contributed by atoms with E-state index in [0.717, 1.165) is 19.3 Å². The fourth-order valence-corrected chi connectivity index (χ4v) is 3.90. The van der Waals surface area contributed by atoms with Crippen LogP contribution in [0.2, 0.25) is 0 Å². The second-order valence-electron chi connectivity index (χ2n) is 5.80. The van der Waals surface area contributed by atoms with Crippen molar-refractivity contribution in [1.82, 2.24) is 14.1 Å². The van der Waals surface area contributed by atoms with Crippen LogP contribution in [-0.4, -0.2) is 42.1 Å². The Morgan fingerprint density at radius 2 is 2.05 bits per heavy atom. The molecule has 2 N–H and O–H groups in total. The molecule has 2 rings (SSSR count). The van der Waals surface area contributed by atoms with E-state index in [0.29, 0.717) is 26.2 Å². The van der Waals surface area contributed by atoms with Gasteiger partial charge < -0.3 is 5.73 Å². The largest absolute Gasteiger partial charge is 0.329 e. The molecule has 0 atom stereocenters. The van der Waals surface area contributed by atoms with Crippen molar-refractivity contribution >= 4 is 10.0 Å². The first kappa shape index (κ1) is 15.5. The van der Waals surface area contributed by atoms with Gasteiger partial charge in [0.1, 0.15) is 4.90 Å². The SMILES string of the molecule is CCC1(C)CCN(S(=O)(=O)c2cnn(CCN)c2)CC1. The molecule has 1 saturated heterocycles. The Morgan fingerprint density at radius 1 is 1.40 bits per heavy atom. The van der Waals surface area contributed by atoms with E-state index >= 15 is 0 Å². The second kappa shape index (κ2) is 5.83. The molecule has 1 aromatic rings. The summed E-state index contributed by atoms with van der Waals surface area (Å²) in [5.74, 6) is 0. The minimum absolute atomic E-state index is 0.269. The first-order valence-electron chi connectivity index (χ1n) is 7.14. The molecule has 0 amide bonds. The van der Waals surface area contributed by atoms with Gasteiger partial charge in [-0.25, -0.2) is 8.42 Å². The van der Waals surface area contributed by atoms with Gasteiger partial charge in [-0.05, 0) is 18.3 Å². The summed E-state index contributed by atoms with van der Waals surface area (Å²) < 4.78 is 28.2. The van der Waals surface area contributed by atoms with Gasteiger partial charge in [0.05, 0.1) is 12.7 Å². The summed E-state index contributed by atoms with van der Waals surface area (Å²) >= 11 is 0. The molecule has 0 aromatic carbocycles. The first-order chi connectivity index (χ1) is 9.41. The molecule has 1 aromatic heterocycles. The number of rotatable bonds is 5. The Hall–Kier alpha value is -0.920. The molecule has 0 saturated carbocycles. The van der Waals surface area contributed by atoms with E-state index < -0.39 is 10.0 Å². The quantitative estimate of drug-likeness (QED) is 0.881. The van der Waals surface area contributed by atoms with Crippen molar-refractivity contribution in [2.24, 2.45) is 11.1 Å². The topological polar surface area (TPSA) is 81.2 Å². The molecule has 114 valence electrons. The molecule has 6 nitrogen and oxygen atoms in total. The lowest BCUT2D eigenvalue weighted by atomic mass is 9.79. The average Bonchev–Trinajstić information content (AvgIpc) is 2.89. The lowest BCUT2D eigenvalue weighted by Gasteiger charge is -2.37. The zero-order valence-electron chi connectivity index (χ0n) is 12.2. The minimum Gasteiger partial charge on any atom is -0.329 e. The normalized spacial score (nSPS) is 20.1. The van der Waals surface area contributed by atoms with Crippen molar-refractivity contribution in [2.45, 2.75) is 44.6 Å². The summed E-state index contributed by atoms with van der Waals surface area (Å²) in [4.78, 5) is 0.269. The van der Waals surface area contributed by atoms with Crippen molar-refractivity contribution in [1.29, 1.82) is 0 Å². The zero-order valence-corrected chi connectivity index (χ0v) is 13.1. The Balaban J connectivity index is 2.11. The number of hydrogen-bond donors (Lipinski definition) is 1. The summed E-state index contributed by atoms with van der Waals surface area (Å²) in [6, 6.07) is 0. The maximum Gasteiger partial charge on any atom is 0.246 e. The highest BCUT2D eigenvalue weighted by Crippen LogP contribution is 2.35. The molecule has 1 aliphatic heterocycles. The highest BCUT2D eigenvalue weighted by Gasteiger charge is 2.34. The predicted octanol–water partition coefficient (Wildman–Crippen LogP) is 1.04. The van der Waals surface area contributed by atoms with E-state index in [2.05, 4.69) is 18.9 Å². The number of piperidine rings is 1. The van der Waals surface area contributed by atoms with Gasteiger partial charge in [-0.2, -0.15) is 9.40 Å². The summed E-state index contributed by atoms with van der Waals surface area (Å²) in [5, 5.41) is 4.04. The van der Waals surface area contributed by atoms with Crippen LogP contribution in [0.25, 0.3) is 0 Å². The molecule has 1 aliphatic rings. The molecule has 7 heteroatoms. The van der Waals surface area contributed by atoms with Crippen LogP contribution in [0, 0.1) is 5.41 Å². The summed E-state index contributed by atoms with van der Waals surface area (Å²) in [5.41, 5.74) is 5.72. The highest BCUT2D eigenvalue weighted by atomic mass is 32.2. The minimum atomic E-state index is -3.41. The van der Waals surface area contributed by atoms with Crippen LogP contribution in [0.5, 0.6) is 0 Å². The number of nitrogens with zero attached hydrogens (tertiary/aromatic N) is 3. The number of aromatic nitrogens is 2. The monoisotopic (exact) mass is 300 g/mol. The zero-order chi connectivity index (χ0) is 14.8. The van der Waals surface area contributed by atoms with Crippen LogP contribution in [0.3, 0.4) is 0 Å². The fourth-order valence-electron chi connectivity index (χ4n) is 2.50. The second-order valence-corrected chi connectivity index (χ2v) is 7.73. The molecule has 0 aliphatic carbocycles. The Labute approximate surface area is 121 Å². The molecule has 0 spiro atoms. The maximum atomic E-state index is 12.5. The third kappa shape index (κ3) is 3.05. The third-order valence-electron chi connectivity index (χ3n) is 4.39. The third-order valence-corrected chi connectivity index (χ3v) is 6.24. The fraction of sp³-hybridized carbons (Fsp3) is 0.769.